The number of hydrogen-bond donors (Lipinski definition) is 0. The van der Waals surface area contributed by atoms with Crippen LogP contribution in [0, 0.1) is 0 Å². The first-order chi connectivity index (χ1) is 6.86. The molecule has 0 N–H and O–H groups in total. The molecule has 0 unspecified atom stereocenters. The lowest BCUT2D eigenvalue weighted by molar-refractivity contribution is -0.253. The van der Waals surface area contributed by atoms with Gasteiger partial charge in [0.15, 0.2) is 12.1 Å². The second-order valence-electron chi connectivity index (χ2n) is 3.70. The normalized spacial score (nSPS) is 34.4. The Morgan fingerprint density at radius 1 is 1.14 bits per heavy atom. The Labute approximate surface area is 83.5 Å². The molecule has 0 aromatic rings. The number of carbonyl (C=O) groups is 1. The average molecular weight is 200 g/mol. The summed E-state index contributed by atoms with van der Waals surface area (Å²) in [4.78, 5) is 11.4. The topological polar surface area (TPSA) is 44.8 Å². The molecule has 0 aromatic carbocycles. The van der Waals surface area contributed by atoms with Gasteiger partial charge in [-0.15, -0.1) is 0 Å². The Bertz CT molecular complexity index is 198. The fraction of sp³-hybridized carbons (Fsp3) is 0.900. The molecule has 0 radical (unpaired) electrons. The lowest BCUT2D eigenvalue weighted by Crippen LogP contribution is -2.37. The molecule has 4 nitrogen and oxygen atoms in total. The summed E-state index contributed by atoms with van der Waals surface area (Å²) in [5, 5.41) is 0. The van der Waals surface area contributed by atoms with Crippen LogP contribution < -0.4 is 0 Å². The SMILES string of the molecule is O=C1CCCO[C@H]1O[C@@H]1CCCCO1. The van der Waals surface area contributed by atoms with Crippen LogP contribution in [0.25, 0.3) is 0 Å². The molecule has 0 aliphatic carbocycles. The first-order valence-electron chi connectivity index (χ1n) is 5.27. The zero-order valence-corrected chi connectivity index (χ0v) is 8.24. The van der Waals surface area contributed by atoms with Crippen LogP contribution in [0.4, 0.5) is 0 Å². The summed E-state index contributed by atoms with van der Waals surface area (Å²) in [6, 6.07) is 0. The summed E-state index contributed by atoms with van der Waals surface area (Å²) < 4.78 is 16.1. The molecular weight excluding hydrogens is 184 g/mol. The van der Waals surface area contributed by atoms with E-state index in [4.69, 9.17) is 14.2 Å². The molecule has 0 saturated carbocycles. The van der Waals surface area contributed by atoms with E-state index in [2.05, 4.69) is 0 Å². The van der Waals surface area contributed by atoms with Crippen LogP contribution in [0.5, 0.6) is 0 Å². The molecule has 0 bridgehead atoms. The van der Waals surface area contributed by atoms with Gasteiger partial charge in [0.2, 0.25) is 6.29 Å². The highest BCUT2D eigenvalue weighted by atomic mass is 16.8. The number of rotatable bonds is 2. The van der Waals surface area contributed by atoms with Gasteiger partial charge in [0.05, 0.1) is 6.61 Å². The van der Waals surface area contributed by atoms with E-state index in [1.54, 1.807) is 0 Å². The van der Waals surface area contributed by atoms with Crippen molar-refractivity contribution in [3.63, 3.8) is 0 Å². The Morgan fingerprint density at radius 3 is 2.71 bits per heavy atom. The molecule has 2 rings (SSSR count). The van der Waals surface area contributed by atoms with E-state index < -0.39 is 6.29 Å². The van der Waals surface area contributed by atoms with E-state index in [1.807, 2.05) is 0 Å². The zero-order chi connectivity index (χ0) is 9.80. The summed E-state index contributed by atoms with van der Waals surface area (Å²) in [6.07, 6.45) is 3.52. The first kappa shape index (κ1) is 10.1. The maximum absolute atomic E-state index is 11.4. The molecule has 0 amide bonds. The third-order valence-corrected chi connectivity index (χ3v) is 2.51. The summed E-state index contributed by atoms with van der Waals surface area (Å²) in [5.74, 6) is 0.0467. The summed E-state index contributed by atoms with van der Waals surface area (Å²) in [6.45, 7) is 1.34. The molecule has 2 fully saturated rings. The van der Waals surface area contributed by atoms with Crippen LogP contribution >= 0.6 is 0 Å². The third-order valence-electron chi connectivity index (χ3n) is 2.51. The Hall–Kier alpha value is -0.450. The van der Waals surface area contributed by atoms with E-state index in [9.17, 15) is 4.79 Å². The fourth-order valence-electron chi connectivity index (χ4n) is 1.72. The molecule has 2 aliphatic rings. The van der Waals surface area contributed by atoms with E-state index >= 15 is 0 Å². The number of Topliss-reactive ketones (excluding diaryl/α,β-unsaturated/α-hetero) is 1. The molecule has 2 aliphatic heterocycles. The van der Waals surface area contributed by atoms with Crippen molar-refractivity contribution in [2.24, 2.45) is 0 Å². The van der Waals surface area contributed by atoms with Crippen molar-refractivity contribution >= 4 is 5.78 Å². The maximum atomic E-state index is 11.4. The summed E-state index contributed by atoms with van der Waals surface area (Å²) in [7, 11) is 0. The van der Waals surface area contributed by atoms with Gasteiger partial charge in [0.25, 0.3) is 0 Å². The van der Waals surface area contributed by atoms with Crippen LogP contribution in [0.15, 0.2) is 0 Å². The minimum Gasteiger partial charge on any atom is -0.353 e. The van der Waals surface area contributed by atoms with E-state index in [0.29, 0.717) is 13.0 Å². The molecule has 0 spiro atoms. The minimum atomic E-state index is -0.674. The number of hydrogen-bond acceptors (Lipinski definition) is 4. The fourth-order valence-corrected chi connectivity index (χ4v) is 1.72. The Morgan fingerprint density at radius 2 is 2.00 bits per heavy atom. The van der Waals surface area contributed by atoms with Gasteiger partial charge in [-0.1, -0.05) is 0 Å². The molecular formula is C10H16O4. The predicted molar refractivity (Wildman–Crippen MR) is 48.7 cm³/mol. The maximum Gasteiger partial charge on any atom is 0.220 e. The Balaban J connectivity index is 1.79. The van der Waals surface area contributed by atoms with Gasteiger partial charge < -0.3 is 14.2 Å². The molecule has 2 saturated heterocycles. The van der Waals surface area contributed by atoms with Gasteiger partial charge in [0, 0.05) is 13.0 Å². The molecule has 0 aromatic heterocycles. The smallest absolute Gasteiger partial charge is 0.220 e. The van der Waals surface area contributed by atoms with Crippen molar-refractivity contribution in [1.82, 2.24) is 0 Å². The number of ether oxygens (including phenoxy) is 3. The number of ketones is 1. The van der Waals surface area contributed by atoms with E-state index in [0.717, 1.165) is 32.3 Å². The van der Waals surface area contributed by atoms with Crippen molar-refractivity contribution in [3.05, 3.63) is 0 Å². The molecule has 4 heteroatoms. The first-order valence-corrected chi connectivity index (χ1v) is 5.27. The van der Waals surface area contributed by atoms with Crippen molar-refractivity contribution in [3.8, 4) is 0 Å². The highest BCUT2D eigenvalue weighted by Crippen LogP contribution is 2.18. The number of carbonyl (C=O) groups excluding carboxylic acids is 1. The summed E-state index contributed by atoms with van der Waals surface area (Å²) >= 11 is 0. The van der Waals surface area contributed by atoms with Crippen LogP contribution in [0.2, 0.25) is 0 Å². The second kappa shape index (κ2) is 4.87. The van der Waals surface area contributed by atoms with Gasteiger partial charge in [-0.05, 0) is 25.7 Å². The van der Waals surface area contributed by atoms with Crippen LogP contribution in [-0.4, -0.2) is 31.6 Å². The van der Waals surface area contributed by atoms with Crippen molar-refractivity contribution < 1.29 is 19.0 Å². The molecule has 14 heavy (non-hydrogen) atoms. The van der Waals surface area contributed by atoms with Crippen LogP contribution in [0.3, 0.4) is 0 Å². The standard InChI is InChI=1S/C10H16O4/c11-8-4-3-7-13-10(8)14-9-5-1-2-6-12-9/h9-10H,1-7H2/t9-,10+/m1/s1. The predicted octanol–water partition coefficient (Wildman–Crippen LogP) is 1.24. The highest BCUT2D eigenvalue weighted by Gasteiger charge is 2.28. The van der Waals surface area contributed by atoms with Crippen molar-refractivity contribution in [1.29, 1.82) is 0 Å². The van der Waals surface area contributed by atoms with Gasteiger partial charge in [0.1, 0.15) is 0 Å². The monoisotopic (exact) mass is 200 g/mol. The lowest BCUT2D eigenvalue weighted by atomic mass is 10.2. The third kappa shape index (κ3) is 2.53. The van der Waals surface area contributed by atoms with Crippen molar-refractivity contribution in [2.75, 3.05) is 13.2 Å². The van der Waals surface area contributed by atoms with Crippen molar-refractivity contribution in [2.45, 2.75) is 44.7 Å². The highest BCUT2D eigenvalue weighted by molar-refractivity contribution is 5.82. The molecule has 80 valence electrons. The quantitative estimate of drug-likeness (QED) is 0.672. The van der Waals surface area contributed by atoms with Gasteiger partial charge >= 0.3 is 0 Å². The van der Waals surface area contributed by atoms with Gasteiger partial charge in [-0.2, -0.15) is 0 Å². The molecule has 2 atom stereocenters. The van der Waals surface area contributed by atoms with E-state index in [-0.39, 0.29) is 12.1 Å². The Kier molecular flexibility index (Phi) is 3.50. The minimum absolute atomic E-state index is 0.0467. The molecule has 2 heterocycles. The largest absolute Gasteiger partial charge is 0.353 e. The average Bonchev–Trinajstić information content (AvgIpc) is 2.23. The lowest BCUT2D eigenvalue weighted by Gasteiger charge is -2.28. The second-order valence-corrected chi connectivity index (χ2v) is 3.70. The van der Waals surface area contributed by atoms with Gasteiger partial charge in [-0.25, -0.2) is 0 Å². The zero-order valence-electron chi connectivity index (χ0n) is 8.24. The van der Waals surface area contributed by atoms with Gasteiger partial charge in [-0.3, -0.25) is 4.79 Å². The van der Waals surface area contributed by atoms with Crippen LogP contribution in [0.1, 0.15) is 32.1 Å². The van der Waals surface area contributed by atoms with E-state index in [1.165, 1.54) is 0 Å². The summed E-state index contributed by atoms with van der Waals surface area (Å²) in [5.41, 5.74) is 0. The van der Waals surface area contributed by atoms with Crippen LogP contribution in [-0.2, 0) is 19.0 Å².